The number of hydrogen-bond acceptors (Lipinski definition) is 4. The van der Waals surface area contributed by atoms with Gasteiger partial charge in [-0.3, -0.25) is 5.10 Å². The number of thioether (sulfide) groups is 1. The maximum atomic E-state index is 9.08. The molecule has 0 unspecified atom stereocenters. The van der Waals surface area contributed by atoms with E-state index >= 15 is 0 Å². The van der Waals surface area contributed by atoms with Crippen molar-refractivity contribution in [2.45, 2.75) is 10.9 Å². The van der Waals surface area contributed by atoms with Crippen molar-refractivity contribution in [3.8, 4) is 17.5 Å². The number of benzene rings is 2. The van der Waals surface area contributed by atoms with E-state index in [0.717, 1.165) is 11.1 Å². The van der Waals surface area contributed by atoms with Crippen molar-refractivity contribution in [2.75, 3.05) is 0 Å². The Labute approximate surface area is 137 Å². The van der Waals surface area contributed by atoms with Crippen LogP contribution in [0, 0.1) is 11.3 Å². The Morgan fingerprint density at radius 2 is 1.91 bits per heavy atom. The van der Waals surface area contributed by atoms with Crippen LogP contribution < -0.4 is 0 Å². The van der Waals surface area contributed by atoms with Gasteiger partial charge in [-0.15, -0.1) is 5.10 Å². The van der Waals surface area contributed by atoms with Crippen molar-refractivity contribution in [1.29, 1.82) is 5.26 Å². The Morgan fingerprint density at radius 3 is 2.68 bits per heavy atom. The summed E-state index contributed by atoms with van der Waals surface area (Å²) in [5.74, 6) is 1.36. The molecule has 0 bridgehead atoms. The molecule has 4 nitrogen and oxygen atoms in total. The van der Waals surface area contributed by atoms with Gasteiger partial charge in [-0.05, 0) is 35.9 Å². The van der Waals surface area contributed by atoms with E-state index in [1.807, 2.05) is 48.5 Å². The number of halogens is 1. The second-order valence-electron chi connectivity index (χ2n) is 4.53. The van der Waals surface area contributed by atoms with E-state index in [1.54, 1.807) is 0 Å². The van der Waals surface area contributed by atoms with Gasteiger partial charge in [0.25, 0.3) is 0 Å². The highest BCUT2D eigenvalue weighted by atomic mass is 35.5. The molecule has 108 valence electrons. The molecule has 2 aromatic carbocycles. The molecule has 0 fully saturated rings. The van der Waals surface area contributed by atoms with Crippen LogP contribution in [-0.4, -0.2) is 15.2 Å². The molecule has 0 spiro atoms. The Morgan fingerprint density at radius 1 is 1.14 bits per heavy atom. The Kier molecular flexibility index (Phi) is 4.42. The van der Waals surface area contributed by atoms with Crippen LogP contribution in [0.2, 0.25) is 5.02 Å². The second kappa shape index (κ2) is 6.65. The van der Waals surface area contributed by atoms with Gasteiger partial charge in [0, 0.05) is 16.3 Å². The number of aromatic nitrogens is 3. The molecular formula is C16H11ClN4S. The molecule has 3 rings (SSSR count). The van der Waals surface area contributed by atoms with Gasteiger partial charge in [-0.2, -0.15) is 5.26 Å². The second-order valence-corrected chi connectivity index (χ2v) is 5.91. The van der Waals surface area contributed by atoms with E-state index in [2.05, 4.69) is 21.3 Å². The monoisotopic (exact) mass is 326 g/mol. The van der Waals surface area contributed by atoms with E-state index in [-0.39, 0.29) is 0 Å². The first-order valence-corrected chi connectivity index (χ1v) is 7.92. The van der Waals surface area contributed by atoms with Crippen molar-refractivity contribution >= 4 is 23.4 Å². The van der Waals surface area contributed by atoms with Crippen molar-refractivity contribution in [2.24, 2.45) is 0 Å². The Bertz CT molecular complexity index is 821. The number of nitrogens with zero attached hydrogens (tertiary/aromatic N) is 3. The van der Waals surface area contributed by atoms with Crippen LogP contribution in [0.3, 0.4) is 0 Å². The fourth-order valence-electron chi connectivity index (χ4n) is 1.95. The molecule has 0 atom stereocenters. The number of aromatic amines is 1. The number of hydrogen-bond donors (Lipinski definition) is 1. The first-order chi connectivity index (χ1) is 10.8. The molecule has 1 N–H and O–H groups in total. The van der Waals surface area contributed by atoms with E-state index in [9.17, 15) is 0 Å². The molecule has 1 aromatic heterocycles. The predicted octanol–water partition coefficient (Wildman–Crippen LogP) is 4.29. The fraction of sp³-hybridized carbons (Fsp3) is 0.0625. The lowest BCUT2D eigenvalue weighted by Gasteiger charge is -2.00. The standard InChI is InChI=1S/C16H11ClN4S/c17-14-7-5-11(6-8-14)15-19-16(21-20-15)22-10-13-4-2-1-3-12(13)9-18/h1-8H,10H2,(H,19,20,21). The normalized spacial score (nSPS) is 10.4. The lowest BCUT2D eigenvalue weighted by atomic mass is 10.1. The summed E-state index contributed by atoms with van der Waals surface area (Å²) < 4.78 is 0. The quantitative estimate of drug-likeness (QED) is 0.726. The molecule has 0 saturated heterocycles. The van der Waals surface area contributed by atoms with Gasteiger partial charge >= 0.3 is 0 Å². The number of nitriles is 1. The van der Waals surface area contributed by atoms with Crippen molar-refractivity contribution < 1.29 is 0 Å². The molecule has 0 aliphatic rings. The van der Waals surface area contributed by atoms with Crippen molar-refractivity contribution in [3.05, 3.63) is 64.7 Å². The molecule has 0 amide bonds. The smallest absolute Gasteiger partial charge is 0.209 e. The minimum atomic E-state index is 0.651. The fourth-order valence-corrected chi connectivity index (χ4v) is 2.87. The van der Waals surface area contributed by atoms with Gasteiger partial charge in [0.1, 0.15) is 0 Å². The molecule has 22 heavy (non-hydrogen) atoms. The number of nitrogens with one attached hydrogen (secondary N) is 1. The van der Waals surface area contributed by atoms with Crippen LogP contribution in [0.4, 0.5) is 0 Å². The van der Waals surface area contributed by atoms with Crippen molar-refractivity contribution in [3.63, 3.8) is 0 Å². The minimum Gasteiger partial charge on any atom is -0.258 e. The average molecular weight is 327 g/mol. The van der Waals surface area contributed by atoms with Crippen molar-refractivity contribution in [1.82, 2.24) is 15.2 Å². The zero-order valence-corrected chi connectivity index (χ0v) is 13.0. The molecular weight excluding hydrogens is 316 g/mol. The SMILES string of the molecule is N#Cc1ccccc1CSc1n[nH]c(-c2ccc(Cl)cc2)n1. The topological polar surface area (TPSA) is 65.4 Å². The van der Waals surface area contributed by atoms with Crippen LogP contribution in [0.5, 0.6) is 0 Å². The highest BCUT2D eigenvalue weighted by Gasteiger charge is 2.08. The van der Waals surface area contributed by atoms with Crippen LogP contribution >= 0.6 is 23.4 Å². The van der Waals surface area contributed by atoms with Gasteiger partial charge in [0.15, 0.2) is 5.82 Å². The third-order valence-electron chi connectivity index (χ3n) is 3.08. The molecule has 1 heterocycles. The third-order valence-corrected chi connectivity index (χ3v) is 4.23. The van der Waals surface area contributed by atoms with Crippen LogP contribution in [0.25, 0.3) is 11.4 Å². The van der Waals surface area contributed by atoms with Gasteiger partial charge in [0.2, 0.25) is 5.16 Å². The summed E-state index contributed by atoms with van der Waals surface area (Å²) in [6.45, 7) is 0. The summed E-state index contributed by atoms with van der Waals surface area (Å²) in [5.41, 5.74) is 2.59. The summed E-state index contributed by atoms with van der Waals surface area (Å²) in [4.78, 5) is 4.45. The zero-order valence-electron chi connectivity index (χ0n) is 11.5. The Hall–Kier alpha value is -2.29. The lowest BCUT2D eigenvalue weighted by Crippen LogP contribution is -1.87. The van der Waals surface area contributed by atoms with E-state index < -0.39 is 0 Å². The third kappa shape index (κ3) is 3.30. The molecule has 3 aromatic rings. The first-order valence-electron chi connectivity index (χ1n) is 6.55. The van der Waals surface area contributed by atoms with E-state index in [1.165, 1.54) is 11.8 Å². The molecule has 0 aliphatic carbocycles. The zero-order chi connectivity index (χ0) is 15.4. The summed E-state index contributed by atoms with van der Waals surface area (Å²) in [7, 11) is 0. The largest absolute Gasteiger partial charge is 0.258 e. The van der Waals surface area contributed by atoms with Crippen LogP contribution in [-0.2, 0) is 5.75 Å². The first kappa shape index (κ1) is 14.6. The summed E-state index contributed by atoms with van der Waals surface area (Å²) in [5, 5.41) is 17.5. The summed E-state index contributed by atoms with van der Waals surface area (Å²) in [6, 6.07) is 17.1. The van der Waals surface area contributed by atoms with Crippen LogP contribution in [0.1, 0.15) is 11.1 Å². The van der Waals surface area contributed by atoms with Gasteiger partial charge in [0.05, 0.1) is 11.6 Å². The highest BCUT2D eigenvalue weighted by molar-refractivity contribution is 7.98. The summed E-state index contributed by atoms with van der Waals surface area (Å²) in [6.07, 6.45) is 0. The molecule has 0 aliphatic heterocycles. The number of H-pyrrole nitrogens is 1. The summed E-state index contributed by atoms with van der Waals surface area (Å²) >= 11 is 7.36. The van der Waals surface area contributed by atoms with E-state index in [0.29, 0.717) is 27.3 Å². The average Bonchev–Trinajstić information content (AvgIpc) is 3.03. The minimum absolute atomic E-state index is 0.651. The van der Waals surface area contributed by atoms with Gasteiger partial charge < -0.3 is 0 Å². The highest BCUT2D eigenvalue weighted by Crippen LogP contribution is 2.24. The molecule has 0 saturated carbocycles. The predicted molar refractivity (Wildman–Crippen MR) is 87.5 cm³/mol. The molecule has 0 radical (unpaired) electrons. The number of rotatable bonds is 4. The maximum absolute atomic E-state index is 9.08. The maximum Gasteiger partial charge on any atom is 0.209 e. The van der Waals surface area contributed by atoms with E-state index in [4.69, 9.17) is 16.9 Å². The lowest BCUT2D eigenvalue weighted by molar-refractivity contribution is 0.973. The molecule has 6 heteroatoms. The Balaban J connectivity index is 1.72. The van der Waals surface area contributed by atoms with Gasteiger partial charge in [-0.25, -0.2) is 4.98 Å². The van der Waals surface area contributed by atoms with Gasteiger partial charge in [-0.1, -0.05) is 41.6 Å². The van der Waals surface area contributed by atoms with Crippen LogP contribution in [0.15, 0.2) is 53.7 Å².